The van der Waals surface area contributed by atoms with Gasteiger partial charge in [0.2, 0.25) is 0 Å². The van der Waals surface area contributed by atoms with Crippen LogP contribution in [-0.4, -0.2) is 11.9 Å². The van der Waals surface area contributed by atoms with Crippen molar-refractivity contribution in [1.82, 2.24) is 5.32 Å². The first-order chi connectivity index (χ1) is 10.1. The maximum Gasteiger partial charge on any atom is 0.251 e. The Kier molecular flexibility index (Phi) is 6.06. The van der Waals surface area contributed by atoms with Gasteiger partial charge < -0.3 is 5.32 Å². The Morgan fingerprint density at radius 3 is 2.62 bits per heavy atom. The van der Waals surface area contributed by atoms with Crippen LogP contribution in [0, 0.1) is 3.57 Å². The van der Waals surface area contributed by atoms with E-state index in [1.807, 2.05) is 31.2 Å². The lowest BCUT2D eigenvalue weighted by Crippen LogP contribution is -2.32. The summed E-state index contributed by atoms with van der Waals surface area (Å²) in [7, 11) is 0. The van der Waals surface area contributed by atoms with Crippen LogP contribution in [0.3, 0.4) is 0 Å². The lowest BCUT2D eigenvalue weighted by molar-refractivity contribution is 0.0938. The molecule has 0 heterocycles. The molecule has 0 aliphatic heterocycles. The zero-order valence-corrected chi connectivity index (χ0v) is 14.7. The summed E-state index contributed by atoms with van der Waals surface area (Å²) in [5, 5.41) is 3.62. The van der Waals surface area contributed by atoms with E-state index in [0.717, 1.165) is 16.4 Å². The predicted octanol–water partition coefficient (Wildman–Crippen LogP) is 4.70. The molecule has 2 aromatic carbocycles. The third-order valence-electron chi connectivity index (χ3n) is 3.27. The van der Waals surface area contributed by atoms with E-state index in [9.17, 15) is 4.79 Å². The van der Waals surface area contributed by atoms with E-state index in [4.69, 9.17) is 11.6 Å². The van der Waals surface area contributed by atoms with E-state index in [-0.39, 0.29) is 11.9 Å². The molecule has 1 atom stereocenters. The minimum absolute atomic E-state index is 0.0751. The van der Waals surface area contributed by atoms with Crippen LogP contribution in [0.25, 0.3) is 0 Å². The summed E-state index contributed by atoms with van der Waals surface area (Å²) < 4.78 is 0.947. The van der Waals surface area contributed by atoms with Crippen LogP contribution in [0.5, 0.6) is 0 Å². The molecule has 2 rings (SSSR count). The highest BCUT2D eigenvalue weighted by Crippen LogP contribution is 2.19. The molecule has 21 heavy (non-hydrogen) atoms. The summed E-state index contributed by atoms with van der Waals surface area (Å²) in [6.07, 6.45) is 1.86. The van der Waals surface area contributed by atoms with Gasteiger partial charge in [0, 0.05) is 15.2 Å². The Hall–Kier alpha value is -1.07. The summed E-state index contributed by atoms with van der Waals surface area (Å²) in [5.41, 5.74) is 1.89. The Labute approximate surface area is 144 Å². The molecule has 2 nitrogen and oxygen atoms in total. The van der Waals surface area contributed by atoms with E-state index < -0.39 is 0 Å². The first kappa shape index (κ1) is 16.3. The topological polar surface area (TPSA) is 29.1 Å². The van der Waals surface area contributed by atoms with Crippen LogP contribution in [0.4, 0.5) is 0 Å². The molecule has 0 saturated carbocycles. The Balaban J connectivity index is 1.88. The number of benzene rings is 2. The predicted molar refractivity (Wildman–Crippen MR) is 95.9 cm³/mol. The monoisotopic (exact) mass is 413 g/mol. The molecule has 1 unspecified atom stereocenters. The largest absolute Gasteiger partial charge is 0.350 e. The minimum Gasteiger partial charge on any atom is -0.350 e. The SMILES string of the molecule is CC(CCc1ccccc1)NC(=O)c1ccc(I)c(Cl)c1. The minimum atomic E-state index is -0.0751. The summed E-state index contributed by atoms with van der Waals surface area (Å²) >= 11 is 8.19. The average Bonchev–Trinajstić information content (AvgIpc) is 2.49. The van der Waals surface area contributed by atoms with Crippen molar-refractivity contribution in [3.05, 3.63) is 68.3 Å². The zero-order chi connectivity index (χ0) is 15.2. The second-order valence-corrected chi connectivity index (χ2v) is 6.60. The zero-order valence-electron chi connectivity index (χ0n) is 11.8. The van der Waals surface area contributed by atoms with Crippen molar-refractivity contribution in [2.45, 2.75) is 25.8 Å². The standard InChI is InChI=1S/C17H17ClINO/c1-12(7-8-13-5-3-2-4-6-13)20-17(21)14-9-10-16(19)15(18)11-14/h2-6,9-12H,7-8H2,1H3,(H,20,21). The van der Waals surface area contributed by atoms with Crippen LogP contribution < -0.4 is 5.32 Å². The molecule has 0 bridgehead atoms. The molecule has 0 aliphatic rings. The molecular weight excluding hydrogens is 397 g/mol. The van der Waals surface area contributed by atoms with Crippen LogP contribution in [0.2, 0.25) is 5.02 Å². The first-order valence-corrected chi connectivity index (χ1v) is 8.32. The molecule has 0 aliphatic carbocycles. The van der Waals surface area contributed by atoms with Crippen molar-refractivity contribution in [2.24, 2.45) is 0 Å². The molecular formula is C17H17ClINO. The fourth-order valence-electron chi connectivity index (χ4n) is 2.04. The van der Waals surface area contributed by atoms with Crippen molar-refractivity contribution >= 4 is 40.1 Å². The highest BCUT2D eigenvalue weighted by atomic mass is 127. The van der Waals surface area contributed by atoms with Gasteiger partial charge in [-0.1, -0.05) is 41.9 Å². The molecule has 1 N–H and O–H groups in total. The van der Waals surface area contributed by atoms with Crippen LogP contribution in [0.15, 0.2) is 48.5 Å². The van der Waals surface area contributed by atoms with Gasteiger partial charge in [-0.3, -0.25) is 4.79 Å². The number of hydrogen-bond donors (Lipinski definition) is 1. The fraction of sp³-hybridized carbons (Fsp3) is 0.235. The van der Waals surface area contributed by atoms with Gasteiger partial charge in [0.1, 0.15) is 0 Å². The maximum atomic E-state index is 12.2. The highest BCUT2D eigenvalue weighted by Gasteiger charge is 2.11. The van der Waals surface area contributed by atoms with Crippen molar-refractivity contribution in [1.29, 1.82) is 0 Å². The van der Waals surface area contributed by atoms with Crippen LogP contribution in [0.1, 0.15) is 29.3 Å². The second-order valence-electron chi connectivity index (χ2n) is 5.03. The molecule has 0 radical (unpaired) electrons. The number of nitrogens with one attached hydrogen (secondary N) is 1. The normalized spacial score (nSPS) is 12.0. The summed E-state index contributed by atoms with van der Waals surface area (Å²) in [6, 6.07) is 15.8. The van der Waals surface area contributed by atoms with Crippen LogP contribution in [-0.2, 0) is 6.42 Å². The third-order valence-corrected chi connectivity index (χ3v) is 4.84. The molecule has 110 valence electrons. The van der Waals surface area contributed by atoms with E-state index in [1.54, 1.807) is 12.1 Å². The average molecular weight is 414 g/mol. The number of rotatable bonds is 5. The highest BCUT2D eigenvalue weighted by molar-refractivity contribution is 14.1. The summed E-state index contributed by atoms with van der Waals surface area (Å²) in [4.78, 5) is 12.2. The lowest BCUT2D eigenvalue weighted by Gasteiger charge is -2.14. The quantitative estimate of drug-likeness (QED) is 0.708. The third kappa shape index (κ3) is 5.00. The molecule has 2 aromatic rings. The maximum absolute atomic E-state index is 12.2. The number of amides is 1. The van der Waals surface area contributed by atoms with Gasteiger partial charge in [-0.2, -0.15) is 0 Å². The van der Waals surface area contributed by atoms with E-state index in [2.05, 4.69) is 40.0 Å². The van der Waals surface area contributed by atoms with Crippen molar-refractivity contribution in [2.75, 3.05) is 0 Å². The second kappa shape index (κ2) is 7.80. The van der Waals surface area contributed by atoms with E-state index >= 15 is 0 Å². The number of carbonyl (C=O) groups is 1. The fourth-order valence-corrected chi connectivity index (χ4v) is 2.56. The van der Waals surface area contributed by atoms with Gasteiger partial charge in [0.15, 0.2) is 0 Å². The van der Waals surface area contributed by atoms with Gasteiger partial charge in [0.05, 0.1) is 5.02 Å². The molecule has 4 heteroatoms. The number of aryl methyl sites for hydroxylation is 1. The molecule has 0 aromatic heterocycles. The van der Waals surface area contributed by atoms with Crippen molar-refractivity contribution in [3.63, 3.8) is 0 Å². The Morgan fingerprint density at radius 2 is 1.95 bits per heavy atom. The van der Waals surface area contributed by atoms with Gasteiger partial charge in [-0.15, -0.1) is 0 Å². The van der Waals surface area contributed by atoms with Gasteiger partial charge in [-0.25, -0.2) is 0 Å². The van der Waals surface area contributed by atoms with Crippen molar-refractivity contribution < 1.29 is 4.79 Å². The number of carbonyl (C=O) groups excluding carboxylic acids is 1. The summed E-state index contributed by atoms with van der Waals surface area (Å²) in [5.74, 6) is -0.0751. The molecule has 1 amide bonds. The first-order valence-electron chi connectivity index (χ1n) is 6.86. The molecule has 0 saturated heterocycles. The smallest absolute Gasteiger partial charge is 0.251 e. The van der Waals surface area contributed by atoms with E-state index in [1.165, 1.54) is 5.56 Å². The Bertz CT molecular complexity index is 615. The molecule has 0 fully saturated rings. The van der Waals surface area contributed by atoms with Gasteiger partial charge in [0.25, 0.3) is 5.91 Å². The lowest BCUT2D eigenvalue weighted by atomic mass is 10.1. The van der Waals surface area contributed by atoms with Crippen molar-refractivity contribution in [3.8, 4) is 0 Å². The Morgan fingerprint density at radius 1 is 1.24 bits per heavy atom. The van der Waals surface area contributed by atoms with Gasteiger partial charge >= 0.3 is 0 Å². The van der Waals surface area contributed by atoms with Crippen LogP contribution >= 0.6 is 34.2 Å². The number of halogens is 2. The summed E-state index contributed by atoms with van der Waals surface area (Å²) in [6.45, 7) is 2.02. The number of hydrogen-bond acceptors (Lipinski definition) is 1. The molecule has 0 spiro atoms. The van der Waals surface area contributed by atoms with E-state index in [0.29, 0.717) is 10.6 Å². The van der Waals surface area contributed by atoms with Gasteiger partial charge in [-0.05, 0) is 66.1 Å².